The van der Waals surface area contributed by atoms with Crippen LogP contribution in [0.15, 0.2) is 0 Å². The summed E-state index contributed by atoms with van der Waals surface area (Å²) < 4.78 is 0. The van der Waals surface area contributed by atoms with Crippen LogP contribution in [0, 0.1) is 5.92 Å². The predicted octanol–water partition coefficient (Wildman–Crippen LogP) is 0.0391. The third-order valence-electron chi connectivity index (χ3n) is 1.97. The molecule has 0 aromatic rings. The van der Waals surface area contributed by atoms with E-state index in [0.29, 0.717) is 5.92 Å². The summed E-state index contributed by atoms with van der Waals surface area (Å²) in [6.07, 6.45) is 4.48. The van der Waals surface area contributed by atoms with Gasteiger partial charge in [0.25, 0.3) is 0 Å². The van der Waals surface area contributed by atoms with Gasteiger partial charge in [-0.25, -0.2) is 0 Å². The highest BCUT2D eigenvalue weighted by molar-refractivity contribution is 4.60. The average molecular weight is 159 g/mol. The second kappa shape index (κ2) is 7.98. The van der Waals surface area contributed by atoms with Crippen LogP contribution in [0.2, 0.25) is 0 Å². The molecular weight excluding hydrogens is 138 g/mol. The van der Waals surface area contributed by atoms with Gasteiger partial charge in [-0.1, -0.05) is 0 Å². The van der Waals surface area contributed by atoms with Crippen molar-refractivity contribution in [1.29, 1.82) is 0 Å². The SMILES string of the molecule is NCCCC(CCN)CCN. The molecule has 0 unspecified atom stereocenters. The lowest BCUT2D eigenvalue weighted by atomic mass is 9.96. The first kappa shape index (κ1) is 10.9. The lowest BCUT2D eigenvalue weighted by Crippen LogP contribution is -2.14. The van der Waals surface area contributed by atoms with Gasteiger partial charge in [0.15, 0.2) is 0 Å². The molecule has 0 saturated heterocycles. The van der Waals surface area contributed by atoms with Crippen LogP contribution in [0.1, 0.15) is 25.7 Å². The first-order chi connectivity index (χ1) is 5.35. The van der Waals surface area contributed by atoms with Gasteiger partial charge in [0, 0.05) is 0 Å². The second-order valence-corrected chi connectivity index (χ2v) is 2.95. The summed E-state index contributed by atoms with van der Waals surface area (Å²) in [5, 5.41) is 0. The van der Waals surface area contributed by atoms with Gasteiger partial charge >= 0.3 is 0 Å². The highest BCUT2D eigenvalue weighted by Gasteiger charge is 2.05. The van der Waals surface area contributed by atoms with Crippen LogP contribution < -0.4 is 17.2 Å². The van der Waals surface area contributed by atoms with E-state index in [2.05, 4.69) is 0 Å². The highest BCUT2D eigenvalue weighted by atomic mass is 14.6. The third-order valence-corrected chi connectivity index (χ3v) is 1.97. The van der Waals surface area contributed by atoms with Gasteiger partial charge in [0.05, 0.1) is 0 Å². The van der Waals surface area contributed by atoms with Crippen molar-refractivity contribution in [2.75, 3.05) is 19.6 Å². The van der Waals surface area contributed by atoms with Crippen molar-refractivity contribution in [3.63, 3.8) is 0 Å². The molecule has 11 heavy (non-hydrogen) atoms. The summed E-state index contributed by atoms with van der Waals surface area (Å²) in [6.45, 7) is 2.33. The Bertz CT molecular complexity index is 69.7. The number of hydrogen-bond donors (Lipinski definition) is 3. The standard InChI is InChI=1S/C8H21N3/c9-5-1-2-8(3-6-10)4-7-11/h8H,1-7,9-11H2. The Morgan fingerprint density at radius 2 is 1.27 bits per heavy atom. The van der Waals surface area contributed by atoms with Crippen LogP contribution in [0.5, 0.6) is 0 Å². The molecule has 0 rings (SSSR count). The Morgan fingerprint density at radius 3 is 1.64 bits per heavy atom. The fourth-order valence-corrected chi connectivity index (χ4v) is 1.31. The molecular formula is C8H21N3. The number of hydrogen-bond acceptors (Lipinski definition) is 3. The molecule has 0 aromatic carbocycles. The molecule has 0 saturated carbocycles. The van der Waals surface area contributed by atoms with Crippen molar-refractivity contribution in [3.8, 4) is 0 Å². The predicted molar refractivity (Wildman–Crippen MR) is 49.1 cm³/mol. The summed E-state index contributed by atoms with van der Waals surface area (Å²) >= 11 is 0. The highest BCUT2D eigenvalue weighted by Crippen LogP contribution is 2.13. The Balaban J connectivity index is 3.34. The number of rotatable bonds is 7. The molecule has 0 bridgehead atoms. The molecule has 3 heteroatoms. The zero-order valence-electron chi connectivity index (χ0n) is 7.26. The maximum atomic E-state index is 5.46. The van der Waals surface area contributed by atoms with E-state index < -0.39 is 0 Å². The van der Waals surface area contributed by atoms with Crippen LogP contribution in [0.25, 0.3) is 0 Å². The molecule has 0 radical (unpaired) electrons. The minimum absolute atomic E-state index is 0.702. The Labute approximate surface area is 69.3 Å². The lowest BCUT2D eigenvalue weighted by Gasteiger charge is -2.13. The molecule has 68 valence electrons. The molecule has 0 heterocycles. The molecule has 0 aliphatic rings. The monoisotopic (exact) mass is 159 g/mol. The smallest absolute Gasteiger partial charge is 0.00746 e. The van der Waals surface area contributed by atoms with E-state index in [4.69, 9.17) is 17.2 Å². The van der Waals surface area contributed by atoms with Crippen LogP contribution in [0.3, 0.4) is 0 Å². The average Bonchev–Trinajstić information content (AvgIpc) is 2.01. The largest absolute Gasteiger partial charge is 0.330 e. The van der Waals surface area contributed by atoms with Crippen LogP contribution >= 0.6 is 0 Å². The summed E-state index contributed by atoms with van der Waals surface area (Å²) in [5.74, 6) is 0.702. The number of nitrogens with two attached hydrogens (primary N) is 3. The van der Waals surface area contributed by atoms with E-state index >= 15 is 0 Å². The van der Waals surface area contributed by atoms with E-state index in [1.807, 2.05) is 0 Å². The van der Waals surface area contributed by atoms with Gasteiger partial charge in [-0.15, -0.1) is 0 Å². The zero-order chi connectivity index (χ0) is 8.53. The van der Waals surface area contributed by atoms with Gasteiger partial charge in [-0.3, -0.25) is 0 Å². The molecule has 0 aromatic heterocycles. The summed E-state index contributed by atoms with van der Waals surface area (Å²) in [4.78, 5) is 0. The van der Waals surface area contributed by atoms with Crippen molar-refractivity contribution in [2.45, 2.75) is 25.7 Å². The third kappa shape index (κ3) is 6.28. The van der Waals surface area contributed by atoms with Crippen molar-refractivity contribution < 1.29 is 0 Å². The molecule has 3 nitrogen and oxygen atoms in total. The van der Waals surface area contributed by atoms with Gasteiger partial charge < -0.3 is 17.2 Å². The molecule has 0 aliphatic carbocycles. The fourth-order valence-electron chi connectivity index (χ4n) is 1.31. The molecule has 0 aliphatic heterocycles. The first-order valence-electron chi connectivity index (χ1n) is 4.45. The quantitative estimate of drug-likeness (QED) is 0.491. The van der Waals surface area contributed by atoms with Crippen molar-refractivity contribution in [1.82, 2.24) is 0 Å². The van der Waals surface area contributed by atoms with Gasteiger partial charge in [-0.2, -0.15) is 0 Å². The molecule has 0 fully saturated rings. The molecule has 0 amide bonds. The summed E-state index contributed by atoms with van der Waals surface area (Å²) in [6, 6.07) is 0. The Hall–Kier alpha value is -0.120. The Kier molecular flexibility index (Phi) is 7.89. The van der Waals surface area contributed by atoms with Crippen LogP contribution in [-0.2, 0) is 0 Å². The van der Waals surface area contributed by atoms with E-state index in [9.17, 15) is 0 Å². The minimum atomic E-state index is 0.702. The van der Waals surface area contributed by atoms with Crippen LogP contribution in [-0.4, -0.2) is 19.6 Å². The summed E-state index contributed by atoms with van der Waals surface area (Å²) in [7, 11) is 0. The topological polar surface area (TPSA) is 78.1 Å². The minimum Gasteiger partial charge on any atom is -0.330 e. The van der Waals surface area contributed by atoms with E-state index in [-0.39, 0.29) is 0 Å². The maximum Gasteiger partial charge on any atom is -0.00746 e. The second-order valence-electron chi connectivity index (χ2n) is 2.95. The summed E-state index contributed by atoms with van der Waals surface area (Å²) in [5.41, 5.74) is 16.3. The van der Waals surface area contributed by atoms with E-state index in [1.165, 1.54) is 6.42 Å². The normalized spacial score (nSPS) is 10.9. The molecule has 0 spiro atoms. The van der Waals surface area contributed by atoms with Crippen molar-refractivity contribution in [2.24, 2.45) is 23.1 Å². The van der Waals surface area contributed by atoms with Crippen LogP contribution in [0.4, 0.5) is 0 Å². The van der Waals surface area contributed by atoms with E-state index in [1.54, 1.807) is 0 Å². The molecule has 0 atom stereocenters. The zero-order valence-corrected chi connectivity index (χ0v) is 7.26. The molecule has 6 N–H and O–H groups in total. The van der Waals surface area contributed by atoms with Gasteiger partial charge in [0.1, 0.15) is 0 Å². The Morgan fingerprint density at radius 1 is 0.727 bits per heavy atom. The van der Waals surface area contributed by atoms with Crippen molar-refractivity contribution >= 4 is 0 Å². The lowest BCUT2D eigenvalue weighted by molar-refractivity contribution is 0.421. The van der Waals surface area contributed by atoms with Gasteiger partial charge in [0.2, 0.25) is 0 Å². The van der Waals surface area contributed by atoms with E-state index in [0.717, 1.165) is 38.9 Å². The van der Waals surface area contributed by atoms with Gasteiger partial charge in [-0.05, 0) is 51.2 Å². The maximum absolute atomic E-state index is 5.46. The first-order valence-corrected chi connectivity index (χ1v) is 4.45. The van der Waals surface area contributed by atoms with Crippen molar-refractivity contribution in [3.05, 3.63) is 0 Å². The fraction of sp³-hybridized carbons (Fsp3) is 1.00.